The summed E-state index contributed by atoms with van der Waals surface area (Å²) in [6.07, 6.45) is 0. The van der Waals surface area contributed by atoms with Gasteiger partial charge in [0.05, 0.1) is 10.6 Å². The van der Waals surface area contributed by atoms with Crippen molar-refractivity contribution in [3.8, 4) is 6.07 Å². The van der Waals surface area contributed by atoms with Gasteiger partial charge < -0.3 is 5.73 Å². The number of halogens is 2. The van der Waals surface area contributed by atoms with Gasteiger partial charge in [0.15, 0.2) is 0 Å². The van der Waals surface area contributed by atoms with Gasteiger partial charge in [-0.15, -0.1) is 0 Å². The van der Waals surface area contributed by atoms with Crippen molar-refractivity contribution >= 4 is 34.2 Å². The Hall–Kier alpha value is -0.310. The van der Waals surface area contributed by atoms with Crippen molar-refractivity contribution in [2.24, 2.45) is 5.73 Å². The summed E-state index contributed by atoms with van der Waals surface area (Å²) in [4.78, 5) is 0. The molecule has 0 atom stereocenters. The minimum atomic E-state index is 0.347. The highest BCUT2D eigenvalue weighted by Crippen LogP contribution is 2.22. The topological polar surface area (TPSA) is 49.8 Å². The molecule has 0 spiro atoms. The number of nitriles is 1. The first-order valence-electron chi connectivity index (χ1n) is 3.27. The van der Waals surface area contributed by atoms with Crippen LogP contribution in [0.1, 0.15) is 11.1 Å². The fourth-order valence-electron chi connectivity index (χ4n) is 0.913. The standard InChI is InChI=1S/C8H6ClIN2/c9-8-2-6(10)1-5(3-11)7(8)4-12/h1-2H,3,11H2. The highest BCUT2D eigenvalue weighted by molar-refractivity contribution is 14.1. The molecular formula is C8H6ClIN2. The quantitative estimate of drug-likeness (QED) is 0.807. The summed E-state index contributed by atoms with van der Waals surface area (Å²) < 4.78 is 0.997. The van der Waals surface area contributed by atoms with E-state index >= 15 is 0 Å². The molecule has 0 aliphatic rings. The number of benzene rings is 1. The van der Waals surface area contributed by atoms with E-state index in [1.807, 2.05) is 12.1 Å². The minimum absolute atomic E-state index is 0.347. The number of nitrogens with two attached hydrogens (primary N) is 1. The highest BCUT2D eigenvalue weighted by Gasteiger charge is 2.06. The predicted molar refractivity (Wildman–Crippen MR) is 56.8 cm³/mol. The van der Waals surface area contributed by atoms with Gasteiger partial charge in [0.1, 0.15) is 6.07 Å². The molecule has 0 amide bonds. The molecule has 0 saturated heterocycles. The van der Waals surface area contributed by atoms with Crippen molar-refractivity contribution in [3.63, 3.8) is 0 Å². The molecule has 62 valence electrons. The summed E-state index contributed by atoms with van der Waals surface area (Å²) in [5.41, 5.74) is 6.74. The molecule has 4 heteroatoms. The van der Waals surface area contributed by atoms with E-state index in [1.165, 1.54) is 0 Å². The van der Waals surface area contributed by atoms with E-state index in [0.717, 1.165) is 9.13 Å². The molecule has 0 saturated carbocycles. The normalized spacial score (nSPS) is 9.50. The lowest BCUT2D eigenvalue weighted by Crippen LogP contribution is -2.00. The summed E-state index contributed by atoms with van der Waals surface area (Å²) >= 11 is 7.97. The van der Waals surface area contributed by atoms with Crippen LogP contribution in [0.15, 0.2) is 12.1 Å². The average Bonchev–Trinajstić information content (AvgIpc) is 2.03. The monoisotopic (exact) mass is 292 g/mol. The third kappa shape index (κ3) is 1.89. The molecule has 0 radical (unpaired) electrons. The molecular weight excluding hydrogens is 286 g/mol. The Labute approximate surface area is 89.5 Å². The number of hydrogen-bond donors (Lipinski definition) is 1. The van der Waals surface area contributed by atoms with E-state index in [2.05, 4.69) is 22.6 Å². The zero-order valence-electron chi connectivity index (χ0n) is 6.14. The summed E-state index contributed by atoms with van der Waals surface area (Å²) in [7, 11) is 0. The van der Waals surface area contributed by atoms with Gasteiger partial charge in [-0.1, -0.05) is 11.6 Å². The van der Waals surface area contributed by atoms with Crippen LogP contribution < -0.4 is 5.73 Å². The molecule has 0 aliphatic carbocycles. The minimum Gasteiger partial charge on any atom is -0.326 e. The van der Waals surface area contributed by atoms with E-state index < -0.39 is 0 Å². The van der Waals surface area contributed by atoms with Crippen LogP contribution in [0.5, 0.6) is 0 Å². The van der Waals surface area contributed by atoms with Crippen LogP contribution >= 0.6 is 34.2 Å². The molecule has 0 heterocycles. The third-order valence-electron chi connectivity index (χ3n) is 1.47. The smallest absolute Gasteiger partial charge is 0.101 e. The van der Waals surface area contributed by atoms with Crippen LogP contribution in [0.3, 0.4) is 0 Å². The van der Waals surface area contributed by atoms with Gasteiger partial charge in [0.2, 0.25) is 0 Å². The van der Waals surface area contributed by atoms with E-state index in [-0.39, 0.29) is 0 Å². The van der Waals surface area contributed by atoms with Gasteiger partial charge in [-0.3, -0.25) is 0 Å². The van der Waals surface area contributed by atoms with Crippen LogP contribution in [0.2, 0.25) is 5.02 Å². The van der Waals surface area contributed by atoms with Gasteiger partial charge in [-0.2, -0.15) is 5.26 Å². The third-order valence-corrected chi connectivity index (χ3v) is 2.39. The molecule has 1 rings (SSSR count). The van der Waals surface area contributed by atoms with Crippen LogP contribution in [-0.2, 0) is 6.54 Å². The van der Waals surface area contributed by atoms with Gasteiger partial charge in [-0.05, 0) is 40.3 Å². The SMILES string of the molecule is N#Cc1c(Cl)cc(I)cc1CN. The molecule has 1 aromatic carbocycles. The number of nitrogens with zero attached hydrogens (tertiary/aromatic N) is 1. The molecule has 0 aliphatic heterocycles. The fourth-order valence-corrected chi connectivity index (χ4v) is 2.07. The van der Waals surface area contributed by atoms with Crippen molar-refractivity contribution in [1.82, 2.24) is 0 Å². The van der Waals surface area contributed by atoms with Crippen molar-refractivity contribution in [2.45, 2.75) is 6.54 Å². The Morgan fingerprint density at radius 2 is 2.25 bits per heavy atom. The Morgan fingerprint density at radius 1 is 1.58 bits per heavy atom. The van der Waals surface area contributed by atoms with Crippen molar-refractivity contribution in [2.75, 3.05) is 0 Å². The second kappa shape index (κ2) is 4.08. The van der Waals surface area contributed by atoms with E-state index in [0.29, 0.717) is 17.1 Å². The van der Waals surface area contributed by atoms with E-state index in [1.54, 1.807) is 6.07 Å². The van der Waals surface area contributed by atoms with Crippen LogP contribution in [0, 0.1) is 14.9 Å². The Bertz CT molecular complexity index is 344. The number of rotatable bonds is 1. The molecule has 2 nitrogen and oxygen atoms in total. The predicted octanol–water partition coefficient (Wildman–Crippen LogP) is 2.27. The molecule has 12 heavy (non-hydrogen) atoms. The Morgan fingerprint density at radius 3 is 2.75 bits per heavy atom. The lowest BCUT2D eigenvalue weighted by atomic mass is 10.1. The van der Waals surface area contributed by atoms with Gasteiger partial charge in [0.25, 0.3) is 0 Å². The van der Waals surface area contributed by atoms with Crippen molar-refractivity contribution in [1.29, 1.82) is 5.26 Å². The maximum absolute atomic E-state index is 8.73. The second-order valence-corrected chi connectivity index (χ2v) is 3.89. The Kier molecular flexibility index (Phi) is 3.32. The highest BCUT2D eigenvalue weighted by atomic mass is 127. The maximum Gasteiger partial charge on any atom is 0.101 e. The first-order chi connectivity index (χ1) is 5.69. The molecule has 0 unspecified atom stereocenters. The largest absolute Gasteiger partial charge is 0.326 e. The zero-order chi connectivity index (χ0) is 9.14. The first kappa shape index (κ1) is 9.78. The fraction of sp³-hybridized carbons (Fsp3) is 0.125. The maximum atomic E-state index is 8.73. The second-order valence-electron chi connectivity index (χ2n) is 2.24. The zero-order valence-corrected chi connectivity index (χ0v) is 9.06. The van der Waals surface area contributed by atoms with Crippen LogP contribution in [-0.4, -0.2) is 0 Å². The van der Waals surface area contributed by atoms with Crippen LogP contribution in [0.4, 0.5) is 0 Å². The van der Waals surface area contributed by atoms with Gasteiger partial charge in [-0.25, -0.2) is 0 Å². The summed E-state index contributed by atoms with van der Waals surface area (Å²) in [6, 6.07) is 5.64. The summed E-state index contributed by atoms with van der Waals surface area (Å²) in [5.74, 6) is 0. The van der Waals surface area contributed by atoms with Gasteiger partial charge in [0, 0.05) is 10.1 Å². The molecule has 0 fully saturated rings. The van der Waals surface area contributed by atoms with E-state index in [9.17, 15) is 0 Å². The molecule has 0 bridgehead atoms. The Balaban J connectivity index is 3.36. The lowest BCUT2D eigenvalue weighted by molar-refractivity contribution is 1.06. The van der Waals surface area contributed by atoms with Crippen LogP contribution in [0.25, 0.3) is 0 Å². The summed E-state index contributed by atoms with van der Waals surface area (Å²) in [6.45, 7) is 0.347. The summed E-state index contributed by atoms with van der Waals surface area (Å²) in [5, 5.41) is 9.21. The van der Waals surface area contributed by atoms with E-state index in [4.69, 9.17) is 22.6 Å². The molecule has 0 aromatic heterocycles. The average molecular weight is 293 g/mol. The van der Waals surface area contributed by atoms with Crippen molar-refractivity contribution < 1.29 is 0 Å². The van der Waals surface area contributed by atoms with Crippen molar-refractivity contribution in [3.05, 3.63) is 31.9 Å². The van der Waals surface area contributed by atoms with Gasteiger partial charge >= 0.3 is 0 Å². The number of hydrogen-bond acceptors (Lipinski definition) is 2. The first-order valence-corrected chi connectivity index (χ1v) is 4.72. The lowest BCUT2D eigenvalue weighted by Gasteiger charge is -2.02. The molecule has 1 aromatic rings. The molecule has 2 N–H and O–H groups in total.